The number of nitrogens with zero attached hydrogens (tertiary/aromatic N) is 2. The number of nitriles is 1. The average molecular weight is 293 g/mol. The molecule has 1 N–H and O–H groups in total. The van der Waals surface area contributed by atoms with Crippen LogP contribution < -0.4 is 5.32 Å². The molecular formula is C17H31N3O. The third-order valence-electron chi connectivity index (χ3n) is 5.27. The Morgan fingerprint density at radius 2 is 2.24 bits per heavy atom. The minimum absolute atomic E-state index is 0.128. The van der Waals surface area contributed by atoms with Crippen LogP contribution in [0.3, 0.4) is 0 Å². The highest BCUT2D eigenvalue weighted by Gasteiger charge is 2.43. The maximum absolute atomic E-state index is 9.71. The lowest BCUT2D eigenvalue weighted by atomic mass is 9.85. The summed E-state index contributed by atoms with van der Waals surface area (Å²) in [6.07, 6.45) is 5.59. The van der Waals surface area contributed by atoms with Crippen LogP contribution in [0.15, 0.2) is 0 Å². The first-order valence-electron chi connectivity index (χ1n) is 8.53. The van der Waals surface area contributed by atoms with E-state index in [9.17, 15) is 5.26 Å². The number of hydrogen-bond acceptors (Lipinski definition) is 4. The predicted molar refractivity (Wildman–Crippen MR) is 85.1 cm³/mol. The number of rotatable bonds is 6. The molecule has 1 aliphatic carbocycles. The molecule has 2 atom stereocenters. The lowest BCUT2D eigenvalue weighted by Crippen LogP contribution is -2.54. The largest absolute Gasteiger partial charge is 0.378 e. The van der Waals surface area contributed by atoms with Crippen molar-refractivity contribution >= 4 is 0 Å². The SMILES string of the molecule is CCCNC1(C#N)CCCC1CCN1CCOCC1(C)C. The quantitative estimate of drug-likeness (QED) is 0.817. The predicted octanol–water partition coefficient (Wildman–Crippen LogP) is 2.55. The first-order chi connectivity index (χ1) is 10.0. The van der Waals surface area contributed by atoms with Crippen molar-refractivity contribution < 1.29 is 4.74 Å². The maximum atomic E-state index is 9.71. The molecular weight excluding hydrogens is 262 g/mol. The summed E-state index contributed by atoms with van der Waals surface area (Å²) >= 11 is 0. The van der Waals surface area contributed by atoms with E-state index >= 15 is 0 Å². The second-order valence-electron chi connectivity index (χ2n) is 7.24. The van der Waals surface area contributed by atoms with Gasteiger partial charge in [0, 0.05) is 12.1 Å². The van der Waals surface area contributed by atoms with Crippen LogP contribution in [-0.4, -0.2) is 48.8 Å². The van der Waals surface area contributed by atoms with Crippen LogP contribution in [0.5, 0.6) is 0 Å². The van der Waals surface area contributed by atoms with E-state index in [-0.39, 0.29) is 11.1 Å². The van der Waals surface area contributed by atoms with Gasteiger partial charge in [-0.1, -0.05) is 13.3 Å². The molecule has 0 aromatic heterocycles. The van der Waals surface area contributed by atoms with E-state index in [0.29, 0.717) is 5.92 Å². The van der Waals surface area contributed by atoms with Gasteiger partial charge in [0.2, 0.25) is 0 Å². The van der Waals surface area contributed by atoms with Crippen molar-refractivity contribution in [2.45, 2.75) is 64.0 Å². The van der Waals surface area contributed by atoms with Crippen molar-refractivity contribution in [3.05, 3.63) is 0 Å². The third kappa shape index (κ3) is 3.77. The summed E-state index contributed by atoms with van der Waals surface area (Å²) < 4.78 is 5.60. The minimum atomic E-state index is -0.271. The van der Waals surface area contributed by atoms with Gasteiger partial charge in [-0.15, -0.1) is 0 Å². The number of ether oxygens (including phenoxy) is 1. The molecule has 0 aromatic carbocycles. The number of hydrogen-bond donors (Lipinski definition) is 1. The van der Waals surface area contributed by atoms with Crippen molar-refractivity contribution in [2.24, 2.45) is 5.92 Å². The Morgan fingerprint density at radius 3 is 2.90 bits per heavy atom. The highest BCUT2D eigenvalue weighted by molar-refractivity contribution is 5.14. The van der Waals surface area contributed by atoms with E-state index in [0.717, 1.165) is 52.1 Å². The molecule has 21 heavy (non-hydrogen) atoms. The molecule has 2 fully saturated rings. The molecule has 1 heterocycles. The zero-order chi connectivity index (χ0) is 15.3. The minimum Gasteiger partial charge on any atom is -0.378 e. The standard InChI is InChI=1S/C17H31N3O/c1-4-9-19-17(13-18)8-5-6-15(17)7-10-20-11-12-21-14-16(20,2)3/h15,19H,4-12,14H2,1-3H3. The Kier molecular flexibility index (Phi) is 5.65. The van der Waals surface area contributed by atoms with E-state index in [1.165, 1.54) is 12.8 Å². The molecule has 4 nitrogen and oxygen atoms in total. The summed E-state index contributed by atoms with van der Waals surface area (Å²) in [5.41, 5.74) is -0.143. The normalized spacial score (nSPS) is 33.0. The Hall–Kier alpha value is -0.630. The Morgan fingerprint density at radius 1 is 1.43 bits per heavy atom. The molecule has 120 valence electrons. The van der Waals surface area contributed by atoms with Crippen LogP contribution in [-0.2, 0) is 4.74 Å². The fraction of sp³-hybridized carbons (Fsp3) is 0.941. The van der Waals surface area contributed by atoms with Crippen molar-refractivity contribution in [1.82, 2.24) is 10.2 Å². The molecule has 0 aromatic rings. The van der Waals surface area contributed by atoms with Crippen LogP contribution in [0.25, 0.3) is 0 Å². The zero-order valence-electron chi connectivity index (χ0n) is 14.0. The first-order valence-corrected chi connectivity index (χ1v) is 8.53. The molecule has 4 heteroatoms. The highest BCUT2D eigenvalue weighted by atomic mass is 16.5. The van der Waals surface area contributed by atoms with E-state index in [1.807, 2.05) is 0 Å². The summed E-state index contributed by atoms with van der Waals surface area (Å²) in [4.78, 5) is 2.54. The summed E-state index contributed by atoms with van der Waals surface area (Å²) in [6.45, 7) is 11.4. The monoisotopic (exact) mass is 293 g/mol. The van der Waals surface area contributed by atoms with Crippen LogP contribution in [0, 0.1) is 17.2 Å². The molecule has 2 aliphatic rings. The van der Waals surface area contributed by atoms with Gasteiger partial charge in [-0.3, -0.25) is 10.2 Å². The van der Waals surface area contributed by atoms with Gasteiger partial charge in [0.05, 0.1) is 19.3 Å². The Balaban J connectivity index is 1.93. The Bertz CT molecular complexity index is 377. The topological polar surface area (TPSA) is 48.3 Å². The molecule has 2 unspecified atom stereocenters. The van der Waals surface area contributed by atoms with Gasteiger partial charge < -0.3 is 4.74 Å². The van der Waals surface area contributed by atoms with Gasteiger partial charge in [-0.05, 0) is 58.5 Å². The molecule has 0 bridgehead atoms. The summed E-state index contributed by atoms with van der Waals surface area (Å²) in [5, 5.41) is 13.3. The van der Waals surface area contributed by atoms with Crippen molar-refractivity contribution in [2.75, 3.05) is 32.8 Å². The molecule has 2 rings (SSSR count). The summed E-state index contributed by atoms with van der Waals surface area (Å²) in [7, 11) is 0. The van der Waals surface area contributed by atoms with Gasteiger partial charge in [-0.2, -0.15) is 5.26 Å². The molecule has 0 amide bonds. The van der Waals surface area contributed by atoms with E-state index < -0.39 is 0 Å². The second kappa shape index (κ2) is 7.09. The van der Waals surface area contributed by atoms with E-state index in [4.69, 9.17) is 4.74 Å². The van der Waals surface area contributed by atoms with Gasteiger partial charge in [0.25, 0.3) is 0 Å². The second-order valence-corrected chi connectivity index (χ2v) is 7.24. The highest BCUT2D eigenvalue weighted by Crippen LogP contribution is 2.38. The molecule has 0 spiro atoms. The maximum Gasteiger partial charge on any atom is 0.109 e. The fourth-order valence-electron chi connectivity index (χ4n) is 3.85. The fourth-order valence-corrected chi connectivity index (χ4v) is 3.85. The lowest BCUT2D eigenvalue weighted by molar-refractivity contribution is -0.0533. The van der Waals surface area contributed by atoms with Crippen molar-refractivity contribution in [1.29, 1.82) is 5.26 Å². The van der Waals surface area contributed by atoms with E-state index in [2.05, 4.69) is 37.1 Å². The van der Waals surface area contributed by atoms with E-state index in [1.54, 1.807) is 0 Å². The van der Waals surface area contributed by atoms with Crippen LogP contribution in [0.4, 0.5) is 0 Å². The van der Waals surface area contributed by atoms with Crippen molar-refractivity contribution in [3.63, 3.8) is 0 Å². The van der Waals surface area contributed by atoms with Crippen LogP contribution >= 0.6 is 0 Å². The average Bonchev–Trinajstić information content (AvgIpc) is 2.87. The summed E-state index contributed by atoms with van der Waals surface area (Å²) in [5.74, 6) is 0.493. The van der Waals surface area contributed by atoms with Crippen molar-refractivity contribution in [3.8, 4) is 6.07 Å². The zero-order valence-corrected chi connectivity index (χ0v) is 14.0. The first kappa shape index (κ1) is 16.7. The lowest BCUT2D eigenvalue weighted by Gasteiger charge is -2.43. The molecule has 1 aliphatic heterocycles. The van der Waals surface area contributed by atoms with Crippen LogP contribution in [0.2, 0.25) is 0 Å². The smallest absolute Gasteiger partial charge is 0.109 e. The Labute approximate surface area is 129 Å². The molecule has 0 radical (unpaired) electrons. The van der Waals surface area contributed by atoms with Crippen LogP contribution in [0.1, 0.15) is 52.9 Å². The van der Waals surface area contributed by atoms with Gasteiger partial charge >= 0.3 is 0 Å². The summed E-state index contributed by atoms with van der Waals surface area (Å²) in [6, 6.07) is 2.62. The third-order valence-corrected chi connectivity index (χ3v) is 5.27. The molecule has 1 saturated heterocycles. The van der Waals surface area contributed by atoms with Gasteiger partial charge in [0.1, 0.15) is 5.54 Å². The van der Waals surface area contributed by atoms with Gasteiger partial charge in [0.15, 0.2) is 0 Å². The number of nitrogens with one attached hydrogen (secondary N) is 1. The number of morpholine rings is 1. The van der Waals surface area contributed by atoms with Gasteiger partial charge in [-0.25, -0.2) is 0 Å². The molecule has 1 saturated carbocycles.